The van der Waals surface area contributed by atoms with E-state index in [0.717, 1.165) is 0 Å². The zero-order valence-electron chi connectivity index (χ0n) is 5.98. The van der Waals surface area contributed by atoms with Gasteiger partial charge in [-0.05, 0) is 6.07 Å². The molecule has 1 heterocycles. The van der Waals surface area contributed by atoms with Crippen LogP contribution in [0.25, 0.3) is 11.4 Å². The van der Waals surface area contributed by atoms with Crippen LogP contribution in [0.1, 0.15) is 0 Å². The van der Waals surface area contributed by atoms with E-state index < -0.39 is 0 Å². The predicted octanol–water partition coefficient (Wildman–Crippen LogP) is 0.635. The molecule has 60 valence electrons. The molecular weight excluding hydrogens is 159 g/mol. The van der Waals surface area contributed by atoms with Crippen LogP contribution in [0.5, 0.6) is 0 Å². The number of hydrogen-bond acceptors (Lipinski definition) is 3. The summed E-state index contributed by atoms with van der Waals surface area (Å²) in [6, 6.07) is 6.22. The lowest BCUT2D eigenvalue weighted by Gasteiger charge is -1.99. The molecule has 0 aliphatic carbocycles. The molecule has 0 unspecified atom stereocenters. The van der Waals surface area contributed by atoms with Crippen molar-refractivity contribution in [2.75, 3.05) is 0 Å². The number of benzene rings is 1. The first-order chi connectivity index (χ1) is 5.88. The summed E-state index contributed by atoms with van der Waals surface area (Å²) in [7, 11) is 0. The highest BCUT2D eigenvalue weighted by Gasteiger charge is 2.00. The summed E-state index contributed by atoms with van der Waals surface area (Å²) in [5.41, 5.74) is 0.322. The highest BCUT2D eigenvalue weighted by atomic mass is 19.1. The zero-order valence-corrected chi connectivity index (χ0v) is 5.98. The minimum Gasteiger partial charge on any atom is -0.330 e. The second kappa shape index (κ2) is 2.69. The standard InChI is InChI=1S/C7H4FN4/c8-6-4-2-1-3-5(6)7-9-11-12-10-7/h1-4H/q-1. The Morgan fingerprint density at radius 1 is 1.25 bits per heavy atom. The second-order valence-corrected chi connectivity index (χ2v) is 2.18. The van der Waals surface area contributed by atoms with E-state index in [0.29, 0.717) is 5.56 Å². The van der Waals surface area contributed by atoms with E-state index in [4.69, 9.17) is 0 Å². The van der Waals surface area contributed by atoms with Gasteiger partial charge in [-0.3, -0.25) is 10.3 Å². The molecule has 0 aliphatic rings. The number of rotatable bonds is 1. The SMILES string of the molecule is Fc1ccccc1-c1nnn[n-]1. The Morgan fingerprint density at radius 3 is 2.75 bits per heavy atom. The van der Waals surface area contributed by atoms with Crippen LogP contribution >= 0.6 is 0 Å². The summed E-state index contributed by atoms with van der Waals surface area (Å²) in [6.07, 6.45) is 0. The molecule has 0 atom stereocenters. The lowest BCUT2D eigenvalue weighted by molar-refractivity contribution is 0.630. The van der Waals surface area contributed by atoms with Crippen molar-refractivity contribution in [2.45, 2.75) is 0 Å². The second-order valence-electron chi connectivity index (χ2n) is 2.18. The summed E-state index contributed by atoms with van der Waals surface area (Å²) in [5.74, 6) is -0.152. The average Bonchev–Trinajstić information content (AvgIpc) is 2.57. The highest BCUT2D eigenvalue weighted by molar-refractivity contribution is 5.53. The van der Waals surface area contributed by atoms with Crippen LogP contribution in [0.3, 0.4) is 0 Å². The van der Waals surface area contributed by atoms with Crippen LogP contribution in [-0.2, 0) is 0 Å². The normalized spacial score (nSPS) is 10.1. The van der Waals surface area contributed by atoms with Crippen LogP contribution in [0, 0.1) is 5.82 Å². The Labute approximate surface area is 67.4 Å². The van der Waals surface area contributed by atoms with E-state index in [1.807, 2.05) is 0 Å². The van der Waals surface area contributed by atoms with Crippen LogP contribution in [-0.4, -0.2) is 15.5 Å². The van der Waals surface area contributed by atoms with Crippen LogP contribution in [0.15, 0.2) is 24.3 Å². The number of aromatic nitrogens is 4. The van der Waals surface area contributed by atoms with Crippen LogP contribution < -0.4 is 5.10 Å². The van der Waals surface area contributed by atoms with Crippen LogP contribution in [0.2, 0.25) is 0 Å². The van der Waals surface area contributed by atoms with E-state index in [1.54, 1.807) is 18.2 Å². The van der Waals surface area contributed by atoms with Gasteiger partial charge in [-0.1, -0.05) is 18.2 Å². The fourth-order valence-electron chi connectivity index (χ4n) is 0.895. The van der Waals surface area contributed by atoms with E-state index in [2.05, 4.69) is 20.6 Å². The fourth-order valence-corrected chi connectivity index (χ4v) is 0.895. The molecule has 0 spiro atoms. The maximum atomic E-state index is 13.0. The van der Waals surface area contributed by atoms with Crippen LogP contribution in [0.4, 0.5) is 4.39 Å². The lowest BCUT2D eigenvalue weighted by atomic mass is 10.2. The molecule has 0 saturated heterocycles. The predicted molar refractivity (Wildman–Crippen MR) is 38.5 cm³/mol. The Bertz CT molecular complexity index is 371. The van der Waals surface area contributed by atoms with E-state index >= 15 is 0 Å². The molecular formula is C7H4FN4-. The van der Waals surface area contributed by atoms with E-state index in [9.17, 15) is 4.39 Å². The Balaban J connectivity index is 2.55. The van der Waals surface area contributed by atoms with Crippen molar-refractivity contribution in [2.24, 2.45) is 0 Å². The summed E-state index contributed by atoms with van der Waals surface area (Å²) < 4.78 is 13.0. The first-order valence-corrected chi connectivity index (χ1v) is 3.31. The zero-order chi connectivity index (χ0) is 8.39. The van der Waals surface area contributed by atoms with Gasteiger partial charge in [-0.2, -0.15) is 5.21 Å². The molecule has 0 N–H and O–H groups in total. The molecule has 0 amide bonds. The molecule has 0 saturated carbocycles. The fraction of sp³-hybridized carbons (Fsp3) is 0. The van der Waals surface area contributed by atoms with Gasteiger partial charge in [0.05, 0.1) is 0 Å². The molecule has 0 bridgehead atoms. The van der Waals surface area contributed by atoms with Crippen molar-refractivity contribution in [1.29, 1.82) is 0 Å². The van der Waals surface area contributed by atoms with Gasteiger partial charge in [0.15, 0.2) is 0 Å². The third-order valence-electron chi connectivity index (χ3n) is 1.43. The number of tetrazole rings is 1. The number of hydrogen-bond donors (Lipinski definition) is 0. The summed E-state index contributed by atoms with van der Waals surface area (Å²) >= 11 is 0. The minimum absolute atomic E-state index is 0.216. The molecule has 0 fully saturated rings. The van der Waals surface area contributed by atoms with Crippen molar-refractivity contribution in [3.8, 4) is 11.4 Å². The maximum absolute atomic E-state index is 13.0. The van der Waals surface area contributed by atoms with Gasteiger partial charge in [0.2, 0.25) is 0 Å². The van der Waals surface area contributed by atoms with E-state index in [-0.39, 0.29) is 11.6 Å². The monoisotopic (exact) mass is 163 g/mol. The quantitative estimate of drug-likeness (QED) is 0.618. The van der Waals surface area contributed by atoms with Gasteiger partial charge >= 0.3 is 0 Å². The first-order valence-electron chi connectivity index (χ1n) is 3.31. The lowest BCUT2D eigenvalue weighted by Crippen LogP contribution is -1.86. The van der Waals surface area contributed by atoms with Gasteiger partial charge in [-0.15, -0.1) is 0 Å². The van der Waals surface area contributed by atoms with Crippen molar-refractivity contribution in [3.05, 3.63) is 30.1 Å². The average molecular weight is 163 g/mol. The van der Waals surface area contributed by atoms with Gasteiger partial charge in [0.25, 0.3) is 0 Å². The Morgan fingerprint density at radius 2 is 2.08 bits per heavy atom. The third-order valence-corrected chi connectivity index (χ3v) is 1.43. The molecule has 0 radical (unpaired) electrons. The summed E-state index contributed by atoms with van der Waals surface area (Å²) in [5, 5.41) is 13.6. The smallest absolute Gasteiger partial charge is 0.131 e. The molecule has 4 nitrogen and oxygen atoms in total. The minimum atomic E-state index is -0.368. The van der Waals surface area contributed by atoms with Gasteiger partial charge in [-0.25, -0.2) is 4.39 Å². The first kappa shape index (κ1) is 6.90. The van der Waals surface area contributed by atoms with Crippen molar-refractivity contribution in [3.63, 3.8) is 0 Å². The molecule has 12 heavy (non-hydrogen) atoms. The number of nitrogens with zero attached hydrogens (tertiary/aromatic N) is 4. The van der Waals surface area contributed by atoms with Gasteiger partial charge in [0.1, 0.15) is 5.82 Å². The van der Waals surface area contributed by atoms with Gasteiger partial charge in [0, 0.05) is 11.4 Å². The van der Waals surface area contributed by atoms with Crippen molar-refractivity contribution >= 4 is 0 Å². The molecule has 2 rings (SSSR count). The summed E-state index contributed by atoms with van der Waals surface area (Å²) in [6.45, 7) is 0. The molecule has 0 aliphatic heterocycles. The largest absolute Gasteiger partial charge is 0.330 e. The Hall–Kier alpha value is -1.78. The summed E-state index contributed by atoms with van der Waals surface area (Å²) in [4.78, 5) is 0. The molecule has 1 aromatic heterocycles. The maximum Gasteiger partial charge on any atom is 0.131 e. The highest BCUT2D eigenvalue weighted by Crippen LogP contribution is 2.15. The van der Waals surface area contributed by atoms with E-state index in [1.165, 1.54) is 6.07 Å². The molecule has 1 aromatic carbocycles. The Kier molecular flexibility index (Phi) is 1.55. The molecule has 2 aromatic rings. The molecule has 5 heteroatoms. The van der Waals surface area contributed by atoms with Crippen molar-refractivity contribution in [1.82, 2.24) is 20.6 Å². The number of halogens is 1. The van der Waals surface area contributed by atoms with Crippen molar-refractivity contribution < 1.29 is 4.39 Å². The topological polar surface area (TPSA) is 52.8 Å². The third kappa shape index (κ3) is 1.05. The van der Waals surface area contributed by atoms with Gasteiger partial charge < -0.3 is 5.10 Å².